The van der Waals surface area contributed by atoms with Crippen LogP contribution in [-0.4, -0.2) is 19.0 Å². The molecule has 3 nitrogen and oxygen atoms in total. The molecular formula is C23H20O3. The van der Waals surface area contributed by atoms with Gasteiger partial charge in [0.15, 0.2) is 5.78 Å². The van der Waals surface area contributed by atoms with Crippen molar-refractivity contribution in [3.05, 3.63) is 102 Å². The fourth-order valence-electron chi connectivity index (χ4n) is 2.38. The Morgan fingerprint density at radius 2 is 1.23 bits per heavy atom. The fraction of sp³-hybridized carbons (Fsp3) is 0.0870. The van der Waals surface area contributed by atoms with Crippen LogP contribution < -0.4 is 9.47 Å². The zero-order chi connectivity index (χ0) is 18.0. The van der Waals surface area contributed by atoms with Crippen molar-refractivity contribution in [2.45, 2.75) is 0 Å². The largest absolute Gasteiger partial charge is 0.490 e. The van der Waals surface area contributed by atoms with Gasteiger partial charge in [-0.15, -0.1) is 0 Å². The Balaban J connectivity index is 1.46. The number of carbonyl (C=O) groups excluding carboxylic acids is 1. The quantitative estimate of drug-likeness (QED) is 0.326. The molecule has 3 aromatic rings. The molecule has 0 spiro atoms. The molecule has 0 radical (unpaired) electrons. The Labute approximate surface area is 153 Å². The van der Waals surface area contributed by atoms with Crippen molar-refractivity contribution < 1.29 is 14.3 Å². The van der Waals surface area contributed by atoms with Gasteiger partial charge in [-0.2, -0.15) is 0 Å². The van der Waals surface area contributed by atoms with Crippen molar-refractivity contribution in [2.75, 3.05) is 13.2 Å². The van der Waals surface area contributed by atoms with Gasteiger partial charge in [0, 0.05) is 5.56 Å². The maximum atomic E-state index is 12.1. The van der Waals surface area contributed by atoms with Gasteiger partial charge in [0.2, 0.25) is 0 Å². The van der Waals surface area contributed by atoms with E-state index < -0.39 is 0 Å². The van der Waals surface area contributed by atoms with Crippen molar-refractivity contribution in [1.82, 2.24) is 0 Å². The maximum Gasteiger partial charge on any atom is 0.185 e. The lowest BCUT2D eigenvalue weighted by atomic mass is 10.1. The standard InChI is InChI=1S/C23H20O3/c24-23(20-7-3-1-4-8-20)16-13-19-11-14-22(15-12-19)26-18-17-25-21-9-5-2-6-10-21/h1-16H,17-18H2. The summed E-state index contributed by atoms with van der Waals surface area (Å²) < 4.78 is 11.2. The van der Waals surface area contributed by atoms with Crippen LogP contribution in [0.4, 0.5) is 0 Å². The monoisotopic (exact) mass is 344 g/mol. The van der Waals surface area contributed by atoms with E-state index in [0.717, 1.165) is 17.1 Å². The Morgan fingerprint density at radius 3 is 1.85 bits per heavy atom. The van der Waals surface area contributed by atoms with Gasteiger partial charge in [0.1, 0.15) is 24.7 Å². The molecule has 0 fully saturated rings. The number of hydrogen-bond acceptors (Lipinski definition) is 3. The Morgan fingerprint density at radius 1 is 0.692 bits per heavy atom. The first-order valence-electron chi connectivity index (χ1n) is 8.49. The number of para-hydroxylation sites is 1. The van der Waals surface area contributed by atoms with E-state index in [-0.39, 0.29) is 5.78 Å². The van der Waals surface area contributed by atoms with Crippen LogP contribution in [0.1, 0.15) is 15.9 Å². The molecule has 0 aliphatic carbocycles. The van der Waals surface area contributed by atoms with E-state index in [1.807, 2.05) is 72.8 Å². The van der Waals surface area contributed by atoms with E-state index in [1.54, 1.807) is 24.3 Å². The van der Waals surface area contributed by atoms with Crippen LogP contribution in [-0.2, 0) is 0 Å². The molecule has 3 aromatic carbocycles. The zero-order valence-electron chi connectivity index (χ0n) is 14.4. The lowest BCUT2D eigenvalue weighted by molar-refractivity contribution is 0.104. The number of ether oxygens (including phenoxy) is 2. The highest BCUT2D eigenvalue weighted by Crippen LogP contribution is 2.14. The molecule has 0 amide bonds. The first-order chi connectivity index (χ1) is 12.8. The zero-order valence-corrected chi connectivity index (χ0v) is 14.4. The second-order valence-electron chi connectivity index (χ2n) is 5.64. The van der Waals surface area contributed by atoms with Crippen LogP contribution in [0, 0.1) is 0 Å². The number of carbonyl (C=O) groups is 1. The molecule has 0 aliphatic heterocycles. The number of allylic oxidation sites excluding steroid dienone is 1. The van der Waals surface area contributed by atoms with E-state index in [0.29, 0.717) is 18.8 Å². The summed E-state index contributed by atoms with van der Waals surface area (Å²) in [6.45, 7) is 0.952. The van der Waals surface area contributed by atoms with Gasteiger partial charge >= 0.3 is 0 Å². The van der Waals surface area contributed by atoms with E-state index >= 15 is 0 Å². The van der Waals surface area contributed by atoms with Crippen molar-refractivity contribution in [3.63, 3.8) is 0 Å². The van der Waals surface area contributed by atoms with E-state index in [1.165, 1.54) is 0 Å². The van der Waals surface area contributed by atoms with Gasteiger partial charge in [0.05, 0.1) is 0 Å². The highest BCUT2D eigenvalue weighted by molar-refractivity contribution is 6.06. The van der Waals surface area contributed by atoms with Crippen LogP contribution in [0.5, 0.6) is 11.5 Å². The summed E-state index contributed by atoms with van der Waals surface area (Å²) in [6, 6.07) is 26.5. The molecule has 0 N–H and O–H groups in total. The van der Waals surface area contributed by atoms with Gasteiger partial charge in [-0.05, 0) is 35.9 Å². The van der Waals surface area contributed by atoms with Crippen LogP contribution in [0.15, 0.2) is 91.0 Å². The second-order valence-corrected chi connectivity index (χ2v) is 5.64. The molecule has 130 valence electrons. The molecule has 3 rings (SSSR count). The summed E-state index contributed by atoms with van der Waals surface area (Å²) in [7, 11) is 0. The predicted octanol–water partition coefficient (Wildman–Crippen LogP) is 5.04. The lowest BCUT2D eigenvalue weighted by Gasteiger charge is -2.08. The smallest absolute Gasteiger partial charge is 0.185 e. The van der Waals surface area contributed by atoms with Crippen molar-refractivity contribution >= 4 is 11.9 Å². The highest BCUT2D eigenvalue weighted by atomic mass is 16.5. The number of benzene rings is 3. The molecule has 26 heavy (non-hydrogen) atoms. The minimum atomic E-state index is -0.0102. The molecule has 0 saturated heterocycles. The summed E-state index contributed by atoms with van der Waals surface area (Å²) in [4.78, 5) is 12.1. The minimum absolute atomic E-state index is 0.0102. The lowest BCUT2D eigenvalue weighted by Crippen LogP contribution is -2.08. The summed E-state index contributed by atoms with van der Waals surface area (Å²) in [5.41, 5.74) is 1.63. The van der Waals surface area contributed by atoms with Gasteiger partial charge in [-0.1, -0.05) is 66.7 Å². The van der Waals surface area contributed by atoms with Crippen LogP contribution in [0.25, 0.3) is 6.08 Å². The van der Waals surface area contributed by atoms with E-state index in [9.17, 15) is 4.79 Å². The van der Waals surface area contributed by atoms with Crippen molar-refractivity contribution in [2.24, 2.45) is 0 Å². The Hall–Kier alpha value is -3.33. The maximum absolute atomic E-state index is 12.1. The molecule has 0 aromatic heterocycles. The van der Waals surface area contributed by atoms with Crippen LogP contribution >= 0.6 is 0 Å². The molecule has 0 saturated carbocycles. The van der Waals surface area contributed by atoms with Gasteiger partial charge in [-0.3, -0.25) is 4.79 Å². The van der Waals surface area contributed by atoms with Crippen LogP contribution in [0.3, 0.4) is 0 Å². The van der Waals surface area contributed by atoms with Crippen LogP contribution in [0.2, 0.25) is 0 Å². The Bertz CT molecular complexity index is 838. The first kappa shape index (κ1) is 17.5. The Kier molecular flexibility index (Phi) is 6.21. The summed E-state index contributed by atoms with van der Waals surface area (Å²) in [6.07, 6.45) is 3.39. The fourth-order valence-corrected chi connectivity index (χ4v) is 2.38. The second kappa shape index (κ2) is 9.23. The first-order valence-corrected chi connectivity index (χ1v) is 8.49. The van der Waals surface area contributed by atoms with Crippen molar-refractivity contribution in [3.8, 4) is 11.5 Å². The predicted molar refractivity (Wildman–Crippen MR) is 104 cm³/mol. The molecule has 0 bridgehead atoms. The summed E-state index contributed by atoms with van der Waals surface area (Å²) in [5.74, 6) is 1.59. The molecule has 0 heterocycles. The molecular weight excluding hydrogens is 324 g/mol. The average Bonchev–Trinajstić information content (AvgIpc) is 2.72. The van der Waals surface area contributed by atoms with E-state index in [4.69, 9.17) is 9.47 Å². The molecule has 0 aliphatic rings. The van der Waals surface area contributed by atoms with Crippen molar-refractivity contribution in [1.29, 1.82) is 0 Å². The van der Waals surface area contributed by atoms with Gasteiger partial charge in [0.25, 0.3) is 0 Å². The summed E-state index contributed by atoms with van der Waals surface area (Å²) in [5, 5.41) is 0. The molecule has 3 heteroatoms. The molecule has 0 unspecified atom stereocenters. The third kappa shape index (κ3) is 5.35. The number of rotatable bonds is 8. The number of ketones is 1. The SMILES string of the molecule is O=C(C=Cc1ccc(OCCOc2ccccc2)cc1)c1ccccc1. The normalized spacial score (nSPS) is 10.6. The molecule has 0 atom stereocenters. The average molecular weight is 344 g/mol. The third-order valence-electron chi connectivity index (χ3n) is 3.73. The van der Waals surface area contributed by atoms with Gasteiger partial charge in [-0.25, -0.2) is 0 Å². The minimum Gasteiger partial charge on any atom is -0.490 e. The summed E-state index contributed by atoms with van der Waals surface area (Å²) >= 11 is 0. The highest BCUT2D eigenvalue weighted by Gasteiger charge is 2.00. The topological polar surface area (TPSA) is 35.5 Å². The van der Waals surface area contributed by atoms with Gasteiger partial charge < -0.3 is 9.47 Å². The number of hydrogen-bond donors (Lipinski definition) is 0. The third-order valence-corrected chi connectivity index (χ3v) is 3.73. The van der Waals surface area contributed by atoms with E-state index in [2.05, 4.69) is 0 Å².